The summed E-state index contributed by atoms with van der Waals surface area (Å²) in [7, 11) is 0. The van der Waals surface area contributed by atoms with E-state index in [1.807, 2.05) is 45.0 Å². The van der Waals surface area contributed by atoms with Crippen LogP contribution in [0, 0.1) is 0 Å². The number of imidazole rings is 1. The summed E-state index contributed by atoms with van der Waals surface area (Å²) < 4.78 is 5.29. The second-order valence-corrected chi connectivity index (χ2v) is 7.70. The van der Waals surface area contributed by atoms with E-state index in [9.17, 15) is 4.79 Å². The molecule has 4 rings (SSSR count). The number of benzene rings is 1. The van der Waals surface area contributed by atoms with Crippen molar-refractivity contribution in [2.24, 2.45) is 0 Å². The van der Waals surface area contributed by atoms with Gasteiger partial charge in [-0.15, -0.1) is 0 Å². The maximum Gasteiger partial charge on any atom is 0.230 e. The Morgan fingerprint density at radius 1 is 1.14 bits per heavy atom. The Morgan fingerprint density at radius 3 is 2.66 bits per heavy atom. The van der Waals surface area contributed by atoms with Gasteiger partial charge in [0.25, 0.3) is 0 Å². The van der Waals surface area contributed by atoms with Crippen LogP contribution in [0.3, 0.4) is 0 Å². The van der Waals surface area contributed by atoms with Gasteiger partial charge in [-0.05, 0) is 17.7 Å². The van der Waals surface area contributed by atoms with Crippen molar-refractivity contribution in [3.8, 4) is 0 Å². The number of H-pyrrole nitrogens is 1. The minimum atomic E-state index is -0.163. The first-order valence-electron chi connectivity index (χ1n) is 9.15. The summed E-state index contributed by atoms with van der Waals surface area (Å²) in [5, 5.41) is 9.89. The molecular weight excluding hydrogens is 370 g/mol. The van der Waals surface area contributed by atoms with E-state index in [0.717, 1.165) is 17.0 Å². The standard InChI is InChI=1S/C20H21N7O2/c1-20(2,3)14-9-15(27-29-14)26-16(28)8-12-4-6-13(7-5-12)25-19-17-18(22-10-21-17)23-11-24-19/h4-7,9-11H,8H2,1-3H3,(H,26,27,28)(H2,21,22,23,24,25). The van der Waals surface area contributed by atoms with E-state index in [2.05, 4.69) is 35.7 Å². The zero-order valence-electron chi connectivity index (χ0n) is 16.4. The van der Waals surface area contributed by atoms with Crippen LogP contribution < -0.4 is 10.6 Å². The minimum absolute atomic E-state index is 0.159. The molecule has 0 aliphatic carbocycles. The molecule has 9 heteroatoms. The van der Waals surface area contributed by atoms with Crippen LogP contribution in [0.4, 0.5) is 17.3 Å². The van der Waals surface area contributed by atoms with Gasteiger partial charge in [-0.2, -0.15) is 0 Å². The highest BCUT2D eigenvalue weighted by atomic mass is 16.5. The Kier molecular flexibility index (Phi) is 4.71. The Bertz CT molecular complexity index is 1140. The largest absolute Gasteiger partial charge is 0.359 e. The molecule has 0 fully saturated rings. The van der Waals surface area contributed by atoms with Crippen molar-refractivity contribution in [3.05, 3.63) is 54.3 Å². The van der Waals surface area contributed by atoms with E-state index >= 15 is 0 Å². The molecule has 0 aliphatic heterocycles. The number of carbonyl (C=O) groups is 1. The number of hydrogen-bond acceptors (Lipinski definition) is 7. The number of carbonyl (C=O) groups excluding carboxylic acids is 1. The Hall–Kier alpha value is -3.75. The molecule has 4 aromatic rings. The zero-order valence-corrected chi connectivity index (χ0v) is 16.4. The third-order valence-corrected chi connectivity index (χ3v) is 4.32. The summed E-state index contributed by atoms with van der Waals surface area (Å²) in [5.41, 5.74) is 2.88. The average molecular weight is 391 g/mol. The maximum absolute atomic E-state index is 12.3. The van der Waals surface area contributed by atoms with Gasteiger partial charge in [-0.1, -0.05) is 38.1 Å². The number of aromatic amines is 1. The molecule has 3 heterocycles. The van der Waals surface area contributed by atoms with Crippen molar-refractivity contribution >= 4 is 34.4 Å². The summed E-state index contributed by atoms with van der Waals surface area (Å²) in [6.45, 7) is 6.06. The number of aromatic nitrogens is 5. The third kappa shape index (κ3) is 4.23. The van der Waals surface area contributed by atoms with Gasteiger partial charge in [0.15, 0.2) is 22.8 Å². The molecule has 1 aromatic carbocycles. The van der Waals surface area contributed by atoms with Crippen LogP contribution in [0.15, 0.2) is 47.5 Å². The van der Waals surface area contributed by atoms with Gasteiger partial charge in [-0.3, -0.25) is 4.79 Å². The molecule has 29 heavy (non-hydrogen) atoms. The van der Waals surface area contributed by atoms with Crippen LogP contribution in [0.2, 0.25) is 0 Å². The first-order valence-corrected chi connectivity index (χ1v) is 9.15. The van der Waals surface area contributed by atoms with Crippen molar-refractivity contribution < 1.29 is 9.32 Å². The molecule has 0 radical (unpaired) electrons. The summed E-state index contributed by atoms with van der Waals surface area (Å²) in [6.07, 6.45) is 3.27. The third-order valence-electron chi connectivity index (χ3n) is 4.32. The maximum atomic E-state index is 12.3. The van der Waals surface area contributed by atoms with E-state index in [-0.39, 0.29) is 17.7 Å². The van der Waals surface area contributed by atoms with Crippen molar-refractivity contribution in [1.82, 2.24) is 25.1 Å². The Balaban J connectivity index is 1.38. The summed E-state index contributed by atoms with van der Waals surface area (Å²) in [5.74, 6) is 1.60. The SMILES string of the molecule is CC(C)(C)c1cc(NC(=O)Cc2ccc(Nc3ncnc4[nH]cnc34)cc2)no1. The predicted octanol–water partition coefficient (Wildman–Crippen LogP) is 3.56. The summed E-state index contributed by atoms with van der Waals surface area (Å²) in [4.78, 5) is 27.8. The number of nitrogens with one attached hydrogen (secondary N) is 3. The fourth-order valence-corrected chi connectivity index (χ4v) is 2.76. The highest BCUT2D eigenvalue weighted by molar-refractivity contribution is 5.91. The zero-order chi connectivity index (χ0) is 20.4. The summed E-state index contributed by atoms with van der Waals surface area (Å²) >= 11 is 0. The molecule has 0 atom stereocenters. The lowest BCUT2D eigenvalue weighted by atomic mass is 9.93. The molecule has 0 bridgehead atoms. The van der Waals surface area contributed by atoms with E-state index < -0.39 is 0 Å². The molecule has 0 spiro atoms. The van der Waals surface area contributed by atoms with Gasteiger partial charge in [-0.25, -0.2) is 15.0 Å². The molecule has 0 aliphatic rings. The average Bonchev–Trinajstić information content (AvgIpc) is 3.33. The van der Waals surface area contributed by atoms with Crippen molar-refractivity contribution in [3.63, 3.8) is 0 Å². The molecule has 3 N–H and O–H groups in total. The lowest BCUT2D eigenvalue weighted by Gasteiger charge is -2.12. The number of hydrogen-bond donors (Lipinski definition) is 3. The van der Waals surface area contributed by atoms with Crippen molar-refractivity contribution in [2.45, 2.75) is 32.6 Å². The van der Waals surface area contributed by atoms with Gasteiger partial charge in [0.2, 0.25) is 5.91 Å². The number of fused-ring (bicyclic) bond motifs is 1. The second kappa shape index (κ2) is 7.34. The van der Waals surface area contributed by atoms with E-state index in [4.69, 9.17) is 4.52 Å². The molecular formula is C20H21N7O2. The first kappa shape index (κ1) is 18.6. The molecule has 1 amide bonds. The number of nitrogens with zero attached hydrogens (tertiary/aromatic N) is 4. The quantitative estimate of drug-likeness (QED) is 0.475. The molecule has 0 unspecified atom stereocenters. The van der Waals surface area contributed by atoms with Crippen molar-refractivity contribution in [1.29, 1.82) is 0 Å². The van der Waals surface area contributed by atoms with E-state index in [0.29, 0.717) is 22.8 Å². The lowest BCUT2D eigenvalue weighted by molar-refractivity contribution is -0.115. The molecule has 0 saturated carbocycles. The van der Waals surface area contributed by atoms with Crippen molar-refractivity contribution in [2.75, 3.05) is 10.6 Å². The fourth-order valence-electron chi connectivity index (χ4n) is 2.76. The number of amides is 1. The minimum Gasteiger partial charge on any atom is -0.359 e. The first-order chi connectivity index (χ1) is 13.9. The van der Waals surface area contributed by atoms with Crippen LogP contribution in [-0.4, -0.2) is 31.0 Å². The van der Waals surface area contributed by atoms with Crippen LogP contribution >= 0.6 is 0 Å². The molecule has 0 saturated heterocycles. The number of rotatable bonds is 5. The van der Waals surface area contributed by atoms with E-state index in [1.54, 1.807) is 12.4 Å². The van der Waals surface area contributed by atoms with Crippen LogP contribution in [0.1, 0.15) is 32.1 Å². The summed E-state index contributed by atoms with van der Waals surface area (Å²) in [6, 6.07) is 9.29. The van der Waals surface area contributed by atoms with Gasteiger partial charge in [0.05, 0.1) is 12.7 Å². The predicted molar refractivity (Wildman–Crippen MR) is 109 cm³/mol. The fraction of sp³-hybridized carbons (Fsp3) is 0.250. The Labute approximate surface area is 167 Å². The monoisotopic (exact) mass is 391 g/mol. The van der Waals surface area contributed by atoms with Crippen LogP contribution in [0.5, 0.6) is 0 Å². The molecule has 3 aromatic heterocycles. The number of anilines is 3. The van der Waals surface area contributed by atoms with Crippen LogP contribution in [0.25, 0.3) is 11.2 Å². The normalized spacial score (nSPS) is 11.6. The highest BCUT2D eigenvalue weighted by Gasteiger charge is 2.20. The van der Waals surface area contributed by atoms with Gasteiger partial charge >= 0.3 is 0 Å². The Morgan fingerprint density at radius 2 is 1.93 bits per heavy atom. The second-order valence-electron chi connectivity index (χ2n) is 7.70. The molecule has 148 valence electrons. The van der Waals surface area contributed by atoms with Gasteiger partial charge in [0.1, 0.15) is 12.1 Å². The smallest absolute Gasteiger partial charge is 0.230 e. The lowest BCUT2D eigenvalue weighted by Crippen LogP contribution is -2.14. The van der Waals surface area contributed by atoms with Gasteiger partial charge in [0, 0.05) is 17.2 Å². The topological polar surface area (TPSA) is 122 Å². The molecule has 9 nitrogen and oxygen atoms in total. The van der Waals surface area contributed by atoms with E-state index in [1.165, 1.54) is 6.33 Å². The van der Waals surface area contributed by atoms with Crippen LogP contribution in [-0.2, 0) is 16.6 Å². The highest BCUT2D eigenvalue weighted by Crippen LogP contribution is 2.24. The van der Waals surface area contributed by atoms with Gasteiger partial charge < -0.3 is 20.1 Å².